The summed E-state index contributed by atoms with van der Waals surface area (Å²) in [5.41, 5.74) is -0.336. The fourth-order valence-electron chi connectivity index (χ4n) is 2.90. The van der Waals surface area contributed by atoms with Crippen LogP contribution in [0.3, 0.4) is 0 Å². The van der Waals surface area contributed by atoms with E-state index < -0.39 is 54.1 Å². The lowest BCUT2D eigenvalue weighted by molar-refractivity contribution is -0.387. The molecule has 0 aromatic heterocycles. The van der Waals surface area contributed by atoms with Crippen molar-refractivity contribution in [2.75, 3.05) is 13.2 Å². The average Bonchev–Trinajstić information content (AvgIpc) is 2.68. The van der Waals surface area contributed by atoms with Gasteiger partial charge in [-0.25, -0.2) is 0 Å². The molecule has 2 aliphatic rings. The molecule has 0 bridgehead atoms. The van der Waals surface area contributed by atoms with E-state index in [2.05, 4.69) is 0 Å². The number of rotatable bonds is 5. The highest BCUT2D eigenvalue weighted by Crippen LogP contribution is 2.30. The third kappa shape index (κ3) is 4.24. The first kappa shape index (κ1) is 20.8. The lowest BCUT2D eigenvalue weighted by atomic mass is 10.0. The van der Waals surface area contributed by atoms with Gasteiger partial charge >= 0.3 is 5.69 Å². The molecular weight excluding hydrogens is 382 g/mol. The molecule has 1 aromatic rings. The topological polar surface area (TPSA) is 181 Å². The number of nitro benzene ring substituents is 1. The summed E-state index contributed by atoms with van der Waals surface area (Å²) in [6, 6.07) is 5.49. The summed E-state index contributed by atoms with van der Waals surface area (Å²) in [7, 11) is 0. The van der Waals surface area contributed by atoms with Crippen molar-refractivity contribution < 1.29 is 49.4 Å². The van der Waals surface area contributed by atoms with Gasteiger partial charge in [0.2, 0.25) is 6.29 Å². The number of benzene rings is 1. The monoisotopic (exact) mass is 403 g/mol. The van der Waals surface area contributed by atoms with Crippen molar-refractivity contribution in [1.29, 1.82) is 0 Å². The summed E-state index contributed by atoms with van der Waals surface area (Å²) in [4.78, 5) is 10.4. The van der Waals surface area contributed by atoms with Crippen molar-refractivity contribution in [2.24, 2.45) is 0 Å². The van der Waals surface area contributed by atoms with Gasteiger partial charge in [-0.1, -0.05) is 12.1 Å². The minimum Gasteiger partial charge on any atom is -0.455 e. The Bertz CT molecular complexity index is 688. The molecular formula is C16H21NO11. The molecule has 28 heavy (non-hydrogen) atoms. The summed E-state index contributed by atoms with van der Waals surface area (Å²) in [5.74, 6) is -0.147. The Kier molecular flexibility index (Phi) is 6.42. The Morgan fingerprint density at radius 2 is 1.57 bits per heavy atom. The highest BCUT2D eigenvalue weighted by Gasteiger charge is 2.45. The van der Waals surface area contributed by atoms with Gasteiger partial charge in [-0.15, -0.1) is 0 Å². The van der Waals surface area contributed by atoms with Crippen molar-refractivity contribution >= 4 is 5.69 Å². The van der Waals surface area contributed by atoms with Gasteiger partial charge in [0, 0.05) is 6.07 Å². The van der Waals surface area contributed by atoms with Crippen LogP contribution in [0.2, 0.25) is 0 Å². The van der Waals surface area contributed by atoms with Gasteiger partial charge in [0.05, 0.1) is 18.1 Å². The van der Waals surface area contributed by atoms with Crippen LogP contribution in [0, 0.1) is 10.1 Å². The normalized spacial score (nSPS) is 38.8. The molecule has 0 spiro atoms. The standard InChI is InChI=1S/C16H21NO11/c18-8-5-25-15(13(21)11(8)19)28-10-6-26-16(14(22)12(10)20)27-9-4-2-1-3-7(9)17(23)24/h1-4,8,10-16,18-22H,5-6H2/t8-,10-,11+,12+,13-,14-,15+,16+/m1/s1. The molecule has 0 radical (unpaired) electrons. The Morgan fingerprint density at radius 3 is 2.29 bits per heavy atom. The summed E-state index contributed by atoms with van der Waals surface area (Å²) >= 11 is 0. The average molecular weight is 403 g/mol. The molecule has 1 aromatic carbocycles. The zero-order chi connectivity index (χ0) is 20.4. The predicted molar refractivity (Wildman–Crippen MR) is 88.1 cm³/mol. The van der Waals surface area contributed by atoms with Crippen LogP contribution >= 0.6 is 0 Å². The lowest BCUT2D eigenvalue weighted by Gasteiger charge is -2.41. The molecule has 2 saturated heterocycles. The second-order valence-electron chi connectivity index (χ2n) is 6.45. The first-order valence-electron chi connectivity index (χ1n) is 8.48. The molecule has 2 heterocycles. The lowest BCUT2D eigenvalue weighted by Crippen LogP contribution is -2.60. The molecule has 0 unspecified atom stereocenters. The maximum Gasteiger partial charge on any atom is 0.311 e. The smallest absolute Gasteiger partial charge is 0.311 e. The molecule has 12 heteroatoms. The summed E-state index contributed by atoms with van der Waals surface area (Å²) in [6.07, 6.45) is -11.4. The molecule has 8 atom stereocenters. The Labute approximate surface area is 158 Å². The van der Waals surface area contributed by atoms with E-state index in [-0.39, 0.29) is 24.7 Å². The maximum atomic E-state index is 11.0. The van der Waals surface area contributed by atoms with Crippen molar-refractivity contribution in [3.8, 4) is 5.75 Å². The van der Waals surface area contributed by atoms with Crippen LogP contribution in [0.5, 0.6) is 5.75 Å². The fraction of sp³-hybridized carbons (Fsp3) is 0.625. The summed E-state index contributed by atoms with van der Waals surface area (Å²) in [6.45, 7) is -0.590. The van der Waals surface area contributed by atoms with E-state index in [1.807, 2.05) is 0 Å². The molecule has 2 aliphatic heterocycles. The van der Waals surface area contributed by atoms with Crippen LogP contribution in [-0.4, -0.2) is 92.9 Å². The van der Waals surface area contributed by atoms with Crippen LogP contribution in [0.15, 0.2) is 24.3 Å². The zero-order valence-corrected chi connectivity index (χ0v) is 14.5. The number of para-hydroxylation sites is 2. The maximum absolute atomic E-state index is 11.0. The third-order valence-corrected chi connectivity index (χ3v) is 4.50. The van der Waals surface area contributed by atoms with Crippen LogP contribution in [0.4, 0.5) is 5.69 Å². The van der Waals surface area contributed by atoms with Gasteiger partial charge in [0.25, 0.3) is 0 Å². The van der Waals surface area contributed by atoms with Crippen molar-refractivity contribution in [1.82, 2.24) is 0 Å². The molecule has 0 amide bonds. The van der Waals surface area contributed by atoms with Gasteiger partial charge in [-0.05, 0) is 6.07 Å². The van der Waals surface area contributed by atoms with Crippen molar-refractivity contribution in [2.45, 2.75) is 49.2 Å². The molecule has 0 aliphatic carbocycles. The number of aliphatic hydroxyl groups is 5. The van der Waals surface area contributed by atoms with Crippen LogP contribution < -0.4 is 4.74 Å². The van der Waals surface area contributed by atoms with E-state index in [0.717, 1.165) is 0 Å². The van der Waals surface area contributed by atoms with E-state index in [0.29, 0.717) is 0 Å². The molecule has 12 nitrogen and oxygen atoms in total. The minimum absolute atomic E-state index is 0.147. The summed E-state index contributed by atoms with van der Waals surface area (Å²) in [5, 5.41) is 60.5. The molecule has 0 saturated carbocycles. The zero-order valence-electron chi connectivity index (χ0n) is 14.5. The van der Waals surface area contributed by atoms with Gasteiger partial charge in [-0.3, -0.25) is 10.1 Å². The third-order valence-electron chi connectivity index (χ3n) is 4.50. The highest BCUT2D eigenvalue weighted by atomic mass is 16.7. The number of aliphatic hydroxyl groups excluding tert-OH is 5. The second-order valence-corrected chi connectivity index (χ2v) is 6.45. The van der Waals surface area contributed by atoms with Crippen molar-refractivity contribution in [3.05, 3.63) is 34.4 Å². The SMILES string of the molecule is O=[N+]([O-])c1ccccc1O[C@@H]1OC[C@@H](O[C@@H]2OC[C@@H](O)[C@H](O)[C@H]2O)[C@H](O)[C@H]1O. The van der Waals surface area contributed by atoms with Gasteiger partial charge in [-0.2, -0.15) is 0 Å². The van der Waals surface area contributed by atoms with E-state index >= 15 is 0 Å². The van der Waals surface area contributed by atoms with Crippen molar-refractivity contribution in [3.63, 3.8) is 0 Å². The minimum atomic E-state index is -1.63. The molecule has 3 rings (SSSR count). The van der Waals surface area contributed by atoms with Crippen LogP contribution in [0.1, 0.15) is 0 Å². The number of ether oxygens (including phenoxy) is 4. The van der Waals surface area contributed by atoms with Gasteiger partial charge in [0.15, 0.2) is 12.0 Å². The van der Waals surface area contributed by atoms with Crippen LogP contribution in [-0.2, 0) is 14.2 Å². The number of hydrogen-bond acceptors (Lipinski definition) is 11. The number of nitrogens with zero attached hydrogens (tertiary/aromatic N) is 1. The quantitative estimate of drug-likeness (QED) is 0.268. The highest BCUT2D eigenvalue weighted by molar-refractivity contribution is 5.45. The van der Waals surface area contributed by atoms with E-state index in [4.69, 9.17) is 18.9 Å². The van der Waals surface area contributed by atoms with Gasteiger partial charge < -0.3 is 44.5 Å². The Morgan fingerprint density at radius 1 is 0.929 bits per heavy atom. The summed E-state index contributed by atoms with van der Waals surface area (Å²) < 4.78 is 21.1. The molecule has 5 N–H and O–H groups in total. The van der Waals surface area contributed by atoms with Crippen LogP contribution in [0.25, 0.3) is 0 Å². The van der Waals surface area contributed by atoms with E-state index in [1.165, 1.54) is 24.3 Å². The van der Waals surface area contributed by atoms with E-state index in [1.54, 1.807) is 0 Å². The predicted octanol–water partition coefficient (Wildman–Crippen LogP) is -2.12. The molecule has 156 valence electrons. The first-order valence-corrected chi connectivity index (χ1v) is 8.48. The number of hydrogen-bond donors (Lipinski definition) is 5. The Hall–Kier alpha value is -1.90. The Balaban J connectivity index is 1.62. The molecule has 2 fully saturated rings. The van der Waals surface area contributed by atoms with Gasteiger partial charge in [0.1, 0.15) is 36.6 Å². The first-order chi connectivity index (χ1) is 13.3. The fourth-order valence-corrected chi connectivity index (χ4v) is 2.90. The second kappa shape index (κ2) is 8.63. The largest absolute Gasteiger partial charge is 0.455 e. The number of nitro groups is 1. The van der Waals surface area contributed by atoms with E-state index in [9.17, 15) is 35.6 Å².